The monoisotopic (exact) mass is 219 g/mol. The molecule has 1 aromatic rings. The number of unbranched alkanes of at least 4 members (excludes halogenated alkanes) is 1. The van der Waals surface area contributed by atoms with E-state index in [1.165, 1.54) is 6.07 Å². The van der Waals surface area contributed by atoms with Gasteiger partial charge in [-0.05, 0) is 29.2 Å². The van der Waals surface area contributed by atoms with E-state index in [1.807, 2.05) is 0 Å². The highest BCUT2D eigenvalue weighted by Gasteiger charge is 2.03. The summed E-state index contributed by atoms with van der Waals surface area (Å²) in [4.78, 5) is 17.4. The van der Waals surface area contributed by atoms with Gasteiger partial charge in [-0.2, -0.15) is 0 Å². The second-order valence-electron chi connectivity index (χ2n) is 3.21. The number of anilines is 1. The molecule has 0 aliphatic heterocycles. The quantitative estimate of drug-likeness (QED) is 0.357. The zero-order valence-electron chi connectivity index (χ0n) is 9.05. The van der Waals surface area contributed by atoms with Crippen LogP contribution in [0.4, 0.5) is 5.69 Å². The van der Waals surface area contributed by atoms with Crippen molar-refractivity contribution in [2.75, 3.05) is 11.9 Å². The van der Waals surface area contributed by atoms with Crippen LogP contribution in [0.2, 0.25) is 0 Å². The van der Waals surface area contributed by atoms with E-state index in [2.05, 4.69) is 27.3 Å². The molecule has 0 bridgehead atoms. The number of nitrogens with one attached hydrogen (secondary N) is 1. The van der Waals surface area contributed by atoms with Gasteiger partial charge in [0, 0.05) is 11.5 Å². The van der Waals surface area contributed by atoms with Gasteiger partial charge >= 0.3 is 0 Å². The molecule has 0 aromatic carbocycles. The fourth-order valence-corrected chi connectivity index (χ4v) is 1.13. The Hall–Kier alpha value is -2.07. The molecule has 0 aliphatic rings. The van der Waals surface area contributed by atoms with E-state index in [0.29, 0.717) is 0 Å². The maximum absolute atomic E-state index is 11.1. The number of pyridine rings is 1. The van der Waals surface area contributed by atoms with E-state index in [0.717, 1.165) is 25.1 Å². The van der Waals surface area contributed by atoms with Crippen LogP contribution in [0.1, 0.15) is 30.3 Å². The predicted molar refractivity (Wildman–Crippen MR) is 61.1 cm³/mol. The predicted octanol–water partition coefficient (Wildman–Crippen LogP) is 2.74. The van der Waals surface area contributed by atoms with E-state index in [4.69, 9.17) is 5.53 Å². The summed E-state index contributed by atoms with van der Waals surface area (Å²) >= 11 is 0. The van der Waals surface area contributed by atoms with Crippen molar-refractivity contribution in [3.05, 3.63) is 34.5 Å². The van der Waals surface area contributed by atoms with Crippen molar-refractivity contribution in [3.63, 3.8) is 0 Å². The lowest BCUT2D eigenvalue weighted by Crippen LogP contribution is -2.03. The molecular weight excluding hydrogens is 206 g/mol. The van der Waals surface area contributed by atoms with Gasteiger partial charge in [-0.15, -0.1) is 0 Å². The third-order valence-electron chi connectivity index (χ3n) is 1.98. The highest BCUT2D eigenvalue weighted by atomic mass is 16.1. The first-order chi connectivity index (χ1) is 7.77. The van der Waals surface area contributed by atoms with Crippen molar-refractivity contribution in [1.29, 1.82) is 0 Å². The first-order valence-electron chi connectivity index (χ1n) is 5.07. The third kappa shape index (κ3) is 3.59. The number of hydrogen-bond donors (Lipinski definition) is 1. The summed E-state index contributed by atoms with van der Waals surface area (Å²) in [5.74, 6) is -0.664. The molecule has 1 aromatic heterocycles. The minimum Gasteiger partial charge on any atom is -0.384 e. The minimum absolute atomic E-state index is 0.152. The Morgan fingerprint density at radius 2 is 2.44 bits per heavy atom. The van der Waals surface area contributed by atoms with E-state index in [9.17, 15) is 4.79 Å². The lowest BCUT2D eigenvalue weighted by Gasteiger charge is -2.04. The maximum Gasteiger partial charge on any atom is 0.267 e. The molecule has 6 heteroatoms. The van der Waals surface area contributed by atoms with Crippen LogP contribution < -0.4 is 5.32 Å². The van der Waals surface area contributed by atoms with Crippen LogP contribution in [0.5, 0.6) is 0 Å². The first kappa shape index (κ1) is 12.0. The second-order valence-corrected chi connectivity index (χ2v) is 3.21. The van der Waals surface area contributed by atoms with Crippen molar-refractivity contribution >= 4 is 11.6 Å². The standard InChI is InChI=1S/C10H13N5O/c1-2-3-6-12-8-4-5-9(13-7-8)10(16)14-15-11/h4-5,7,12H,2-3,6H2,1H3. The molecule has 1 heterocycles. The lowest BCUT2D eigenvalue weighted by atomic mass is 10.3. The molecule has 0 spiro atoms. The Morgan fingerprint density at radius 3 is 3.00 bits per heavy atom. The Balaban J connectivity index is 2.60. The van der Waals surface area contributed by atoms with E-state index >= 15 is 0 Å². The van der Waals surface area contributed by atoms with Crippen LogP contribution in [0.15, 0.2) is 23.4 Å². The number of carbonyl (C=O) groups excluding carboxylic acids is 1. The zero-order valence-corrected chi connectivity index (χ0v) is 9.05. The van der Waals surface area contributed by atoms with Gasteiger partial charge in [-0.25, -0.2) is 0 Å². The summed E-state index contributed by atoms with van der Waals surface area (Å²) in [6.07, 6.45) is 3.75. The number of carbonyl (C=O) groups is 1. The molecule has 0 atom stereocenters. The van der Waals surface area contributed by atoms with E-state index < -0.39 is 5.91 Å². The van der Waals surface area contributed by atoms with Crippen molar-refractivity contribution in [2.45, 2.75) is 19.8 Å². The molecule has 1 rings (SSSR count). The van der Waals surface area contributed by atoms with Gasteiger partial charge in [0.05, 0.1) is 11.9 Å². The molecule has 0 saturated carbocycles. The molecule has 0 unspecified atom stereocenters. The number of nitrogens with zero attached hydrogens (tertiary/aromatic N) is 4. The molecule has 1 amide bonds. The molecule has 0 radical (unpaired) electrons. The summed E-state index contributed by atoms with van der Waals surface area (Å²) in [5.41, 5.74) is 9.10. The summed E-state index contributed by atoms with van der Waals surface area (Å²) in [6, 6.07) is 3.27. The Kier molecular flexibility index (Phi) is 4.82. The van der Waals surface area contributed by atoms with Crippen LogP contribution >= 0.6 is 0 Å². The number of azide groups is 1. The van der Waals surface area contributed by atoms with E-state index in [-0.39, 0.29) is 5.69 Å². The van der Waals surface area contributed by atoms with Crippen LogP contribution in [0, 0.1) is 0 Å². The van der Waals surface area contributed by atoms with Gasteiger partial charge in [-0.1, -0.05) is 13.3 Å². The van der Waals surface area contributed by atoms with Gasteiger partial charge < -0.3 is 5.32 Å². The molecule has 84 valence electrons. The normalized spacial score (nSPS) is 9.31. The largest absolute Gasteiger partial charge is 0.384 e. The molecular formula is C10H13N5O. The van der Waals surface area contributed by atoms with Crippen LogP contribution in [-0.2, 0) is 0 Å². The number of hydrogen-bond acceptors (Lipinski definition) is 3. The molecule has 1 N–H and O–H groups in total. The Bertz CT molecular complexity index is 394. The van der Waals surface area contributed by atoms with Crippen molar-refractivity contribution in [3.8, 4) is 0 Å². The minimum atomic E-state index is -0.664. The SMILES string of the molecule is CCCCNc1ccc(C(=O)N=[N+]=[N-])nc1. The lowest BCUT2D eigenvalue weighted by molar-refractivity contribution is 0.0995. The van der Waals surface area contributed by atoms with Crippen molar-refractivity contribution < 1.29 is 4.79 Å². The third-order valence-corrected chi connectivity index (χ3v) is 1.98. The first-order valence-corrected chi connectivity index (χ1v) is 5.07. The highest BCUT2D eigenvalue weighted by molar-refractivity contribution is 5.93. The average molecular weight is 219 g/mol. The smallest absolute Gasteiger partial charge is 0.267 e. The van der Waals surface area contributed by atoms with E-state index in [1.54, 1.807) is 12.3 Å². The summed E-state index contributed by atoms with van der Waals surface area (Å²) in [6.45, 7) is 2.99. The number of rotatable bonds is 5. The van der Waals surface area contributed by atoms with Gasteiger partial charge in [0.2, 0.25) is 0 Å². The van der Waals surface area contributed by atoms with Crippen LogP contribution in [-0.4, -0.2) is 17.4 Å². The van der Waals surface area contributed by atoms with Crippen LogP contribution in [0.3, 0.4) is 0 Å². The maximum atomic E-state index is 11.1. The molecule has 16 heavy (non-hydrogen) atoms. The van der Waals surface area contributed by atoms with Gasteiger partial charge in [0.15, 0.2) is 0 Å². The second kappa shape index (κ2) is 6.42. The van der Waals surface area contributed by atoms with Gasteiger partial charge in [0.25, 0.3) is 5.91 Å². The number of amides is 1. The summed E-state index contributed by atoms with van der Waals surface area (Å²) in [7, 11) is 0. The number of aromatic nitrogens is 1. The molecule has 0 aliphatic carbocycles. The molecule has 0 fully saturated rings. The Labute approximate surface area is 93.3 Å². The van der Waals surface area contributed by atoms with Crippen LogP contribution in [0.25, 0.3) is 10.4 Å². The molecule has 0 saturated heterocycles. The average Bonchev–Trinajstić information content (AvgIpc) is 2.30. The topological polar surface area (TPSA) is 90.8 Å². The zero-order chi connectivity index (χ0) is 11.8. The summed E-state index contributed by atoms with van der Waals surface area (Å²) in [5, 5.41) is 6.13. The fraction of sp³-hybridized carbons (Fsp3) is 0.400. The Morgan fingerprint density at radius 1 is 1.62 bits per heavy atom. The van der Waals surface area contributed by atoms with Gasteiger partial charge in [-0.3, -0.25) is 9.78 Å². The van der Waals surface area contributed by atoms with Crippen molar-refractivity contribution in [1.82, 2.24) is 4.98 Å². The van der Waals surface area contributed by atoms with Crippen molar-refractivity contribution in [2.24, 2.45) is 5.11 Å². The summed E-state index contributed by atoms with van der Waals surface area (Å²) < 4.78 is 0. The fourth-order valence-electron chi connectivity index (χ4n) is 1.13. The van der Waals surface area contributed by atoms with Gasteiger partial charge in [0.1, 0.15) is 5.69 Å². The highest BCUT2D eigenvalue weighted by Crippen LogP contribution is 2.07. The molecule has 6 nitrogen and oxygen atoms in total.